The third kappa shape index (κ3) is 5.36. The molecule has 3 rings (SSSR count). The largest absolute Gasteiger partial charge is 0.449 e. The number of carbonyl (C=O) groups excluding carboxylic acids is 2. The van der Waals surface area contributed by atoms with Crippen molar-refractivity contribution >= 4 is 35.8 Å². The van der Waals surface area contributed by atoms with Crippen molar-refractivity contribution < 1.29 is 14.3 Å². The van der Waals surface area contributed by atoms with E-state index >= 15 is 0 Å². The third-order valence-electron chi connectivity index (χ3n) is 4.58. The number of piperazine rings is 1. The van der Waals surface area contributed by atoms with Crippen LogP contribution in [0.4, 0.5) is 4.79 Å². The lowest BCUT2D eigenvalue weighted by molar-refractivity contribution is -0.133. The van der Waals surface area contributed by atoms with E-state index in [9.17, 15) is 9.59 Å². The molecule has 0 unspecified atom stereocenters. The molecule has 0 aliphatic carbocycles. The van der Waals surface area contributed by atoms with Gasteiger partial charge in [-0.15, -0.1) is 0 Å². The lowest BCUT2D eigenvalue weighted by atomic mass is 10.2. The van der Waals surface area contributed by atoms with Crippen molar-refractivity contribution in [2.75, 3.05) is 32.8 Å². The summed E-state index contributed by atoms with van der Waals surface area (Å²) in [4.78, 5) is 28.2. The number of nitrogens with one attached hydrogen (secondary N) is 1. The molecular weight excluding hydrogens is 414 g/mol. The van der Waals surface area contributed by atoms with Crippen LogP contribution in [0.1, 0.15) is 13.8 Å². The molecule has 1 aliphatic rings. The smallest absolute Gasteiger partial charge is 0.409 e. The van der Waals surface area contributed by atoms with Gasteiger partial charge in [-0.3, -0.25) is 14.5 Å². The predicted octanol–water partition coefficient (Wildman–Crippen LogP) is 3.20. The number of benzene rings is 1. The summed E-state index contributed by atoms with van der Waals surface area (Å²) in [5, 5.41) is 7.61. The van der Waals surface area contributed by atoms with Gasteiger partial charge in [0.1, 0.15) is 6.54 Å². The Morgan fingerprint density at radius 2 is 1.79 bits per heavy atom. The number of amides is 2. The summed E-state index contributed by atoms with van der Waals surface area (Å²) in [6, 6.07) is 7.18. The van der Waals surface area contributed by atoms with Crippen molar-refractivity contribution in [2.45, 2.75) is 20.4 Å². The number of aromatic nitrogens is 3. The van der Waals surface area contributed by atoms with Crippen LogP contribution in [0.2, 0.25) is 5.02 Å². The zero-order valence-electron chi connectivity index (χ0n) is 16.4. The first-order chi connectivity index (χ1) is 13.8. The molecule has 8 nitrogen and oxygen atoms in total. The van der Waals surface area contributed by atoms with E-state index in [1.54, 1.807) is 26.5 Å². The van der Waals surface area contributed by atoms with Gasteiger partial charge in [0.25, 0.3) is 0 Å². The van der Waals surface area contributed by atoms with E-state index in [-0.39, 0.29) is 24.5 Å². The molecule has 0 bridgehead atoms. The van der Waals surface area contributed by atoms with Crippen molar-refractivity contribution in [2.24, 2.45) is 5.92 Å². The molecule has 1 N–H and O–H groups in total. The molecule has 29 heavy (non-hydrogen) atoms. The topological polar surface area (TPSA) is 83.5 Å². The molecule has 1 fully saturated rings. The number of H-pyrrole nitrogens is 1. The summed E-state index contributed by atoms with van der Waals surface area (Å²) in [7, 11) is 0. The lowest BCUT2D eigenvalue weighted by Crippen LogP contribution is -2.51. The number of carbonyl (C=O) groups is 2. The molecular formula is C19H24ClN5O3S. The highest BCUT2D eigenvalue weighted by atomic mass is 35.5. The number of halogens is 1. The normalized spacial score (nSPS) is 14.3. The van der Waals surface area contributed by atoms with Gasteiger partial charge in [-0.1, -0.05) is 25.4 Å². The Labute approximate surface area is 179 Å². The molecule has 0 atom stereocenters. The molecule has 0 saturated carbocycles. The van der Waals surface area contributed by atoms with Gasteiger partial charge in [0.2, 0.25) is 5.91 Å². The first kappa shape index (κ1) is 21.3. The lowest BCUT2D eigenvalue weighted by Gasteiger charge is -2.34. The van der Waals surface area contributed by atoms with Gasteiger partial charge in [0, 0.05) is 36.8 Å². The minimum atomic E-state index is -0.326. The van der Waals surface area contributed by atoms with Crippen molar-refractivity contribution in [1.82, 2.24) is 24.6 Å². The molecule has 1 saturated heterocycles. The van der Waals surface area contributed by atoms with Crippen LogP contribution in [-0.2, 0) is 16.1 Å². The summed E-state index contributed by atoms with van der Waals surface area (Å²) in [6.07, 6.45) is -0.326. The Bertz CT molecular complexity index is 917. The first-order valence-electron chi connectivity index (χ1n) is 9.45. The molecule has 1 aliphatic heterocycles. The van der Waals surface area contributed by atoms with Crippen LogP contribution < -0.4 is 0 Å². The molecule has 10 heteroatoms. The fourth-order valence-corrected chi connectivity index (χ4v) is 3.31. The van der Waals surface area contributed by atoms with Crippen molar-refractivity contribution in [1.29, 1.82) is 0 Å². The number of hydrogen-bond acceptors (Lipinski definition) is 5. The zero-order chi connectivity index (χ0) is 21.0. The highest BCUT2D eigenvalue weighted by molar-refractivity contribution is 7.71. The Morgan fingerprint density at radius 3 is 2.41 bits per heavy atom. The van der Waals surface area contributed by atoms with Crippen LogP contribution in [0.5, 0.6) is 0 Å². The van der Waals surface area contributed by atoms with E-state index in [1.807, 2.05) is 26.0 Å². The molecule has 2 heterocycles. The van der Waals surface area contributed by atoms with Gasteiger partial charge in [-0.2, -0.15) is 5.10 Å². The number of ether oxygens (including phenoxy) is 1. The fraction of sp³-hybridized carbons (Fsp3) is 0.474. The quantitative estimate of drug-likeness (QED) is 0.726. The zero-order valence-corrected chi connectivity index (χ0v) is 18.0. The van der Waals surface area contributed by atoms with Crippen molar-refractivity contribution in [3.05, 3.63) is 34.1 Å². The minimum absolute atomic E-state index is 0.0745. The second-order valence-corrected chi connectivity index (χ2v) is 8.11. The summed E-state index contributed by atoms with van der Waals surface area (Å²) in [5.74, 6) is 0.792. The van der Waals surface area contributed by atoms with E-state index in [1.165, 1.54) is 0 Å². The van der Waals surface area contributed by atoms with E-state index in [4.69, 9.17) is 28.6 Å². The molecule has 1 aromatic heterocycles. The summed E-state index contributed by atoms with van der Waals surface area (Å²) in [6.45, 7) is 6.25. The van der Waals surface area contributed by atoms with Crippen LogP contribution in [-0.4, -0.2) is 69.4 Å². The average Bonchev–Trinajstić information content (AvgIpc) is 3.07. The van der Waals surface area contributed by atoms with Crippen LogP contribution in [0.3, 0.4) is 0 Å². The van der Waals surface area contributed by atoms with Gasteiger partial charge in [-0.05, 0) is 42.4 Å². The Balaban J connectivity index is 1.61. The molecule has 1 aromatic carbocycles. The first-order valence-corrected chi connectivity index (χ1v) is 10.2. The van der Waals surface area contributed by atoms with E-state index < -0.39 is 0 Å². The highest BCUT2D eigenvalue weighted by Crippen LogP contribution is 2.20. The second kappa shape index (κ2) is 9.41. The number of hydrogen-bond donors (Lipinski definition) is 1. The third-order valence-corrected chi connectivity index (χ3v) is 5.15. The van der Waals surface area contributed by atoms with Gasteiger partial charge in [-0.25, -0.2) is 4.79 Å². The number of nitrogens with zero attached hydrogens (tertiary/aromatic N) is 4. The Morgan fingerprint density at radius 1 is 1.17 bits per heavy atom. The minimum Gasteiger partial charge on any atom is -0.449 e. The monoisotopic (exact) mass is 437 g/mol. The van der Waals surface area contributed by atoms with Gasteiger partial charge in [0.05, 0.1) is 6.61 Å². The van der Waals surface area contributed by atoms with Crippen LogP contribution in [0, 0.1) is 10.7 Å². The molecule has 156 valence electrons. The van der Waals surface area contributed by atoms with Crippen LogP contribution in [0.25, 0.3) is 11.4 Å². The second-order valence-electron chi connectivity index (χ2n) is 7.28. The van der Waals surface area contributed by atoms with Gasteiger partial charge in [0.15, 0.2) is 10.6 Å². The SMILES string of the molecule is CC(C)COC(=O)N1CCN(C(=O)Cn2c(-c3ccc(Cl)cc3)n[nH]c2=S)CC1. The van der Waals surface area contributed by atoms with E-state index in [2.05, 4.69) is 10.2 Å². The molecule has 2 amide bonds. The Kier molecular flexibility index (Phi) is 6.92. The molecule has 0 radical (unpaired) electrons. The number of rotatable bonds is 5. The highest BCUT2D eigenvalue weighted by Gasteiger charge is 2.26. The number of aromatic amines is 1. The van der Waals surface area contributed by atoms with Crippen LogP contribution in [0.15, 0.2) is 24.3 Å². The van der Waals surface area contributed by atoms with Crippen molar-refractivity contribution in [3.63, 3.8) is 0 Å². The van der Waals surface area contributed by atoms with Crippen LogP contribution >= 0.6 is 23.8 Å². The van der Waals surface area contributed by atoms with Gasteiger partial charge >= 0.3 is 6.09 Å². The van der Waals surface area contributed by atoms with Gasteiger partial charge < -0.3 is 14.5 Å². The predicted molar refractivity (Wildman–Crippen MR) is 112 cm³/mol. The maximum Gasteiger partial charge on any atom is 0.409 e. The molecule has 2 aromatic rings. The fourth-order valence-electron chi connectivity index (χ4n) is 2.99. The summed E-state index contributed by atoms with van der Waals surface area (Å²) in [5.41, 5.74) is 0.812. The summed E-state index contributed by atoms with van der Waals surface area (Å²) >= 11 is 11.2. The molecule has 0 spiro atoms. The Hall–Kier alpha value is -2.39. The maximum atomic E-state index is 12.8. The van der Waals surface area contributed by atoms with E-state index in [0.717, 1.165) is 5.56 Å². The van der Waals surface area contributed by atoms with Crippen molar-refractivity contribution in [3.8, 4) is 11.4 Å². The average molecular weight is 438 g/mol. The summed E-state index contributed by atoms with van der Waals surface area (Å²) < 4.78 is 7.30. The van der Waals surface area contributed by atoms with E-state index in [0.29, 0.717) is 48.4 Å². The standard InChI is InChI=1S/C19H24ClN5O3S/c1-13(2)12-28-19(27)24-9-7-23(8-10-24)16(26)11-25-17(21-22-18(25)29)14-3-5-15(20)6-4-14/h3-6,13H,7-12H2,1-2H3,(H,22,29). The maximum absolute atomic E-state index is 12.8.